The van der Waals surface area contributed by atoms with Crippen LogP contribution in [0.25, 0.3) is 6.08 Å². The van der Waals surface area contributed by atoms with E-state index in [1.165, 1.54) is 31.6 Å². The molecule has 0 aliphatic heterocycles. The zero-order valence-electron chi connectivity index (χ0n) is 17.1. The summed E-state index contributed by atoms with van der Waals surface area (Å²) in [4.78, 5) is 22.6. The van der Waals surface area contributed by atoms with Gasteiger partial charge in [0.2, 0.25) is 0 Å². The molecule has 0 spiro atoms. The number of carbonyl (C=O) groups excluding carboxylic acids is 2. The van der Waals surface area contributed by atoms with Crippen molar-refractivity contribution in [3.63, 3.8) is 0 Å². The molecule has 0 saturated heterocycles. The van der Waals surface area contributed by atoms with Crippen LogP contribution in [-0.4, -0.2) is 40.7 Å². The molecule has 0 N–H and O–H groups in total. The first-order chi connectivity index (χ1) is 13.6. The van der Waals surface area contributed by atoms with Crippen LogP contribution in [0.3, 0.4) is 0 Å². The first-order valence-electron chi connectivity index (χ1n) is 10.3. The van der Waals surface area contributed by atoms with Gasteiger partial charge in [-0.15, -0.1) is 0 Å². The summed E-state index contributed by atoms with van der Waals surface area (Å²) in [5, 5.41) is 0.387. The lowest BCUT2D eigenvalue weighted by Gasteiger charge is -2.32. The third-order valence-corrected chi connectivity index (χ3v) is 6.15. The molecule has 152 valence electrons. The van der Waals surface area contributed by atoms with Crippen LogP contribution in [0.2, 0.25) is 6.55 Å². The predicted molar refractivity (Wildman–Crippen MR) is 114 cm³/mol. The molecule has 2 rings (SSSR count). The van der Waals surface area contributed by atoms with Gasteiger partial charge >= 0.3 is 5.97 Å². The van der Waals surface area contributed by atoms with Crippen LogP contribution in [0.15, 0.2) is 30.3 Å². The summed E-state index contributed by atoms with van der Waals surface area (Å²) in [7, 11) is 1.81. The summed E-state index contributed by atoms with van der Waals surface area (Å²) in [6.07, 6.45) is 12.0. The molecule has 1 saturated carbocycles. The van der Waals surface area contributed by atoms with Gasteiger partial charge in [-0.2, -0.15) is 0 Å². The topological polar surface area (TPSA) is 52.6 Å². The smallest absolute Gasteiger partial charge is 0.330 e. The van der Waals surface area contributed by atoms with Crippen molar-refractivity contribution in [1.82, 2.24) is 0 Å². The molecule has 28 heavy (non-hydrogen) atoms. The van der Waals surface area contributed by atoms with E-state index in [1.807, 2.05) is 18.7 Å². The molecule has 0 amide bonds. The van der Waals surface area contributed by atoms with Gasteiger partial charge in [-0.3, -0.25) is 0 Å². The van der Waals surface area contributed by atoms with Crippen LogP contribution in [0.5, 0.6) is 0 Å². The van der Waals surface area contributed by atoms with Gasteiger partial charge < -0.3 is 14.3 Å². The van der Waals surface area contributed by atoms with Crippen LogP contribution in [0.1, 0.15) is 68.4 Å². The highest BCUT2D eigenvalue weighted by atomic mass is 28.2. The number of carbonyl (C=O) groups is 2. The highest BCUT2D eigenvalue weighted by Crippen LogP contribution is 2.35. The molecule has 5 heteroatoms. The minimum atomic E-state index is -0.343. The van der Waals surface area contributed by atoms with Gasteiger partial charge in [0.05, 0.1) is 13.2 Å². The van der Waals surface area contributed by atoms with Crippen molar-refractivity contribution in [2.24, 2.45) is 0 Å². The average Bonchev–Trinajstić information content (AvgIpc) is 2.74. The Bertz CT molecular complexity index is 639. The molecule has 1 aromatic carbocycles. The standard InChI is InChI=1S/C23H32O4Si/c1-26-22(24)16-13-18-11-14-19(15-12-18)20-8-5-6-9-21(20)27-17-7-3-4-10-23(25)28-2/h11-16,20-21H,3-10,17H2,1-2H3/b16-13+. The summed E-state index contributed by atoms with van der Waals surface area (Å²) in [5.74, 6) is 0.0968. The Kier molecular flexibility index (Phi) is 10.2. The van der Waals surface area contributed by atoms with E-state index in [0.717, 1.165) is 50.7 Å². The number of ether oxygens (including phenoxy) is 2. The molecule has 1 aliphatic carbocycles. The van der Waals surface area contributed by atoms with Gasteiger partial charge in [-0.25, -0.2) is 4.79 Å². The van der Waals surface area contributed by atoms with Gasteiger partial charge in [-0.1, -0.05) is 50.1 Å². The van der Waals surface area contributed by atoms with E-state index in [9.17, 15) is 9.59 Å². The van der Waals surface area contributed by atoms with E-state index in [0.29, 0.717) is 20.8 Å². The molecule has 0 heterocycles. The number of rotatable bonds is 11. The number of esters is 1. The molecule has 2 unspecified atom stereocenters. The molecular formula is C23H32O4Si. The molecule has 1 fully saturated rings. The van der Waals surface area contributed by atoms with Crippen LogP contribution in [0, 0.1) is 0 Å². The number of hydrogen-bond acceptors (Lipinski definition) is 4. The Morgan fingerprint density at radius 3 is 2.57 bits per heavy atom. The normalized spacial score (nSPS) is 19.6. The fourth-order valence-corrected chi connectivity index (χ4v) is 4.12. The van der Waals surface area contributed by atoms with E-state index in [2.05, 4.69) is 16.9 Å². The molecule has 4 nitrogen and oxygen atoms in total. The summed E-state index contributed by atoms with van der Waals surface area (Å²) < 4.78 is 10.9. The molecule has 1 aromatic rings. The largest absolute Gasteiger partial charge is 0.466 e. The maximum absolute atomic E-state index is 11.4. The quantitative estimate of drug-likeness (QED) is 0.233. The van der Waals surface area contributed by atoms with Crippen molar-refractivity contribution in [3.05, 3.63) is 41.5 Å². The number of benzene rings is 1. The van der Waals surface area contributed by atoms with Crippen molar-refractivity contribution in [2.45, 2.75) is 69.9 Å². The van der Waals surface area contributed by atoms with Gasteiger partial charge in [0.1, 0.15) is 14.9 Å². The van der Waals surface area contributed by atoms with E-state index in [1.54, 1.807) is 6.08 Å². The van der Waals surface area contributed by atoms with Gasteiger partial charge in [0.15, 0.2) is 0 Å². The molecule has 2 atom stereocenters. The fourth-order valence-electron chi connectivity index (χ4n) is 3.69. The van der Waals surface area contributed by atoms with Crippen molar-refractivity contribution >= 4 is 27.0 Å². The van der Waals surface area contributed by atoms with Crippen LogP contribution in [0.4, 0.5) is 0 Å². The zero-order chi connectivity index (χ0) is 20.2. The third-order valence-electron chi connectivity index (χ3n) is 5.34. The second kappa shape index (κ2) is 12.7. The molecule has 0 aromatic heterocycles. The summed E-state index contributed by atoms with van der Waals surface area (Å²) in [6.45, 7) is 2.74. The first kappa shape index (κ1) is 22.6. The predicted octanol–water partition coefficient (Wildman–Crippen LogP) is 4.75. The molecule has 1 aliphatic rings. The monoisotopic (exact) mass is 400 g/mol. The Labute approximate surface area is 171 Å². The highest BCUT2D eigenvalue weighted by molar-refractivity contribution is 6.72. The Morgan fingerprint density at radius 2 is 1.86 bits per heavy atom. The maximum Gasteiger partial charge on any atom is 0.330 e. The minimum Gasteiger partial charge on any atom is -0.466 e. The van der Waals surface area contributed by atoms with Crippen LogP contribution < -0.4 is 0 Å². The fraction of sp³-hybridized carbons (Fsp3) is 0.565. The van der Waals surface area contributed by atoms with Crippen molar-refractivity contribution < 1.29 is 19.1 Å². The number of unbranched alkanes of at least 4 members (excludes halogenated alkanes) is 2. The Hall–Kier alpha value is -1.72. The summed E-state index contributed by atoms with van der Waals surface area (Å²) >= 11 is 0. The summed E-state index contributed by atoms with van der Waals surface area (Å²) in [5.41, 5.74) is 2.30. The number of hydrogen-bond donors (Lipinski definition) is 0. The lowest BCUT2D eigenvalue weighted by Crippen LogP contribution is -2.26. The zero-order valence-corrected chi connectivity index (χ0v) is 18.1. The van der Waals surface area contributed by atoms with Gasteiger partial charge in [0, 0.05) is 25.0 Å². The second-order valence-corrected chi connectivity index (χ2v) is 8.36. The summed E-state index contributed by atoms with van der Waals surface area (Å²) in [6, 6.07) is 8.40. The van der Waals surface area contributed by atoms with Crippen LogP contribution >= 0.6 is 0 Å². The van der Waals surface area contributed by atoms with E-state index >= 15 is 0 Å². The van der Waals surface area contributed by atoms with E-state index < -0.39 is 0 Å². The Morgan fingerprint density at radius 1 is 1.11 bits per heavy atom. The maximum atomic E-state index is 11.4. The first-order valence-corrected chi connectivity index (χ1v) is 11.8. The van der Waals surface area contributed by atoms with E-state index in [-0.39, 0.29) is 12.1 Å². The lowest BCUT2D eigenvalue weighted by molar-refractivity contribution is -0.134. The lowest BCUT2D eigenvalue weighted by atomic mass is 9.81. The van der Waals surface area contributed by atoms with Crippen molar-refractivity contribution in [2.75, 3.05) is 13.7 Å². The van der Waals surface area contributed by atoms with Gasteiger partial charge in [-0.05, 0) is 42.9 Å². The van der Waals surface area contributed by atoms with E-state index in [4.69, 9.17) is 4.74 Å². The van der Waals surface area contributed by atoms with Crippen LogP contribution in [-0.2, 0) is 19.1 Å². The minimum absolute atomic E-state index is 0.281. The average molecular weight is 401 g/mol. The van der Waals surface area contributed by atoms with Crippen molar-refractivity contribution in [3.8, 4) is 0 Å². The van der Waals surface area contributed by atoms with Gasteiger partial charge in [0.25, 0.3) is 0 Å². The molecule has 0 bridgehead atoms. The highest BCUT2D eigenvalue weighted by Gasteiger charge is 2.27. The van der Waals surface area contributed by atoms with Crippen molar-refractivity contribution in [1.29, 1.82) is 0 Å². The third kappa shape index (κ3) is 7.72. The SMILES string of the molecule is COC(=O)/C=C/c1ccc(C2CCCCC2OCCCCCC(=O)[Si]C)cc1. The Balaban J connectivity index is 1.82. The molecular weight excluding hydrogens is 368 g/mol. The molecule has 2 radical (unpaired) electrons. The number of methoxy groups -OCH3 is 1. The second-order valence-electron chi connectivity index (χ2n) is 7.31.